The smallest absolute Gasteiger partial charge is 0.159 e. The first-order valence-corrected chi connectivity index (χ1v) is 18.3. The zero-order valence-electron chi connectivity index (χ0n) is 27.9. The van der Waals surface area contributed by atoms with Crippen LogP contribution in [-0.2, 0) is 0 Å². The number of furan rings is 2. The molecule has 0 bridgehead atoms. The van der Waals surface area contributed by atoms with Gasteiger partial charge in [-0.2, -0.15) is 0 Å². The average Bonchev–Trinajstić information content (AvgIpc) is 3.89. The van der Waals surface area contributed by atoms with Crippen molar-refractivity contribution in [3.63, 3.8) is 0 Å². The van der Waals surface area contributed by atoms with Crippen LogP contribution in [0.2, 0.25) is 0 Å². The maximum atomic E-state index is 6.61. The van der Waals surface area contributed by atoms with Crippen LogP contribution in [0, 0.1) is 0 Å². The largest absolute Gasteiger partial charge is 0.456 e. The Hall–Kier alpha value is -6.62. The first-order chi connectivity index (χ1) is 25.7. The van der Waals surface area contributed by atoms with Crippen LogP contribution in [0.4, 0.5) is 17.1 Å². The molecule has 0 atom stereocenters. The van der Waals surface area contributed by atoms with Crippen molar-refractivity contribution in [3.8, 4) is 22.3 Å². The summed E-state index contributed by atoms with van der Waals surface area (Å²) in [5.41, 5.74) is 11.2. The summed E-state index contributed by atoms with van der Waals surface area (Å²) in [4.78, 5) is 2.31. The highest BCUT2D eigenvalue weighted by atomic mass is 32.1. The first kappa shape index (κ1) is 29.1. The molecule has 0 fully saturated rings. The molecule has 0 spiro atoms. The van der Waals surface area contributed by atoms with Crippen LogP contribution in [0.15, 0.2) is 185 Å². The van der Waals surface area contributed by atoms with Crippen LogP contribution in [0.1, 0.15) is 0 Å². The molecular weight excluding hydrogens is 655 g/mol. The molecule has 0 aliphatic heterocycles. The van der Waals surface area contributed by atoms with Gasteiger partial charge in [0, 0.05) is 53.1 Å². The lowest BCUT2D eigenvalue weighted by molar-refractivity contribution is 0.669. The molecule has 0 unspecified atom stereocenters. The van der Waals surface area contributed by atoms with E-state index in [2.05, 4.69) is 157 Å². The number of hydrogen-bond donors (Lipinski definition) is 0. The van der Waals surface area contributed by atoms with Crippen molar-refractivity contribution in [2.75, 3.05) is 4.90 Å². The molecule has 11 rings (SSSR count). The first-order valence-electron chi connectivity index (χ1n) is 17.5. The lowest BCUT2D eigenvalue weighted by Gasteiger charge is -2.26. The SMILES string of the molecule is c1cc(-c2ccc3c(c2)oc2ccccc23)cc(N(c2ccc(-c3ccc4sc5ccccc5c4c3)cc2)c2cccc3c2oc2ccccc23)c1. The van der Waals surface area contributed by atoms with E-state index >= 15 is 0 Å². The van der Waals surface area contributed by atoms with E-state index in [9.17, 15) is 0 Å². The van der Waals surface area contributed by atoms with Gasteiger partial charge in [-0.1, -0.05) is 103 Å². The Morgan fingerprint density at radius 3 is 1.83 bits per heavy atom. The molecule has 3 heterocycles. The molecule has 0 radical (unpaired) electrons. The minimum absolute atomic E-state index is 0.858. The molecule has 11 aromatic rings. The van der Waals surface area contributed by atoms with Crippen molar-refractivity contribution in [1.82, 2.24) is 0 Å². The van der Waals surface area contributed by atoms with Crippen molar-refractivity contribution >= 4 is 92.4 Å². The summed E-state index contributed by atoms with van der Waals surface area (Å²) in [6.07, 6.45) is 0. The molecule has 4 heteroatoms. The fourth-order valence-corrected chi connectivity index (χ4v) is 8.86. The van der Waals surface area contributed by atoms with Gasteiger partial charge in [0.25, 0.3) is 0 Å². The van der Waals surface area contributed by atoms with E-state index in [1.165, 1.54) is 31.3 Å². The number of nitrogens with zero attached hydrogens (tertiary/aromatic N) is 1. The Bertz CT molecular complexity index is 3150. The molecule has 8 aromatic carbocycles. The van der Waals surface area contributed by atoms with Gasteiger partial charge in [0.15, 0.2) is 5.58 Å². The highest BCUT2D eigenvalue weighted by molar-refractivity contribution is 7.25. The molecule has 0 aliphatic carbocycles. The Labute approximate surface area is 303 Å². The van der Waals surface area contributed by atoms with Gasteiger partial charge < -0.3 is 13.7 Å². The lowest BCUT2D eigenvalue weighted by atomic mass is 10.0. The third-order valence-electron chi connectivity index (χ3n) is 10.3. The molecule has 52 heavy (non-hydrogen) atoms. The molecular formula is C48H29NO2S. The van der Waals surface area contributed by atoms with E-state index in [-0.39, 0.29) is 0 Å². The van der Waals surface area contributed by atoms with Crippen molar-refractivity contribution in [2.24, 2.45) is 0 Å². The summed E-state index contributed by atoms with van der Waals surface area (Å²) in [5.74, 6) is 0. The molecule has 0 aliphatic rings. The molecule has 244 valence electrons. The van der Waals surface area contributed by atoms with Gasteiger partial charge in [0.2, 0.25) is 0 Å². The van der Waals surface area contributed by atoms with Gasteiger partial charge in [-0.25, -0.2) is 0 Å². The number of benzene rings is 8. The van der Waals surface area contributed by atoms with Gasteiger partial charge in [-0.3, -0.25) is 0 Å². The molecule has 0 N–H and O–H groups in total. The summed E-state index contributed by atoms with van der Waals surface area (Å²) in [7, 11) is 0. The molecule has 0 amide bonds. The predicted molar refractivity (Wildman–Crippen MR) is 219 cm³/mol. The molecule has 0 saturated carbocycles. The fourth-order valence-electron chi connectivity index (χ4n) is 7.77. The third kappa shape index (κ3) is 4.58. The van der Waals surface area contributed by atoms with Crippen LogP contribution in [0.3, 0.4) is 0 Å². The molecule has 3 nitrogen and oxygen atoms in total. The van der Waals surface area contributed by atoms with Crippen molar-refractivity contribution in [2.45, 2.75) is 0 Å². The van der Waals surface area contributed by atoms with E-state index in [1.54, 1.807) is 0 Å². The van der Waals surface area contributed by atoms with Crippen LogP contribution in [0.25, 0.3) is 86.3 Å². The average molecular weight is 684 g/mol. The van der Waals surface area contributed by atoms with Crippen LogP contribution >= 0.6 is 11.3 Å². The summed E-state index contributed by atoms with van der Waals surface area (Å²) >= 11 is 1.85. The number of fused-ring (bicyclic) bond motifs is 9. The summed E-state index contributed by atoms with van der Waals surface area (Å²) < 4.78 is 15.5. The lowest BCUT2D eigenvalue weighted by Crippen LogP contribution is -2.10. The minimum atomic E-state index is 0.858. The maximum absolute atomic E-state index is 6.61. The third-order valence-corrected chi connectivity index (χ3v) is 11.4. The topological polar surface area (TPSA) is 29.5 Å². The highest BCUT2D eigenvalue weighted by Crippen LogP contribution is 2.44. The van der Waals surface area contributed by atoms with E-state index in [0.717, 1.165) is 72.1 Å². The van der Waals surface area contributed by atoms with E-state index in [0.29, 0.717) is 0 Å². The normalized spacial score (nSPS) is 11.8. The second-order valence-electron chi connectivity index (χ2n) is 13.3. The van der Waals surface area contributed by atoms with Crippen molar-refractivity contribution in [1.29, 1.82) is 0 Å². The monoisotopic (exact) mass is 683 g/mol. The maximum Gasteiger partial charge on any atom is 0.159 e. The number of para-hydroxylation sites is 3. The van der Waals surface area contributed by atoms with E-state index < -0.39 is 0 Å². The summed E-state index contributed by atoms with van der Waals surface area (Å²) in [5, 5.41) is 7.08. The van der Waals surface area contributed by atoms with E-state index in [1.807, 2.05) is 35.6 Å². The second kappa shape index (κ2) is 11.5. The number of hydrogen-bond acceptors (Lipinski definition) is 4. The van der Waals surface area contributed by atoms with Gasteiger partial charge in [0.1, 0.15) is 16.7 Å². The Morgan fingerprint density at radius 1 is 0.346 bits per heavy atom. The molecule has 3 aromatic heterocycles. The standard InChI is InChI=1S/C48H29NO2S/c1-4-16-43-36(11-1)38-25-21-33(29-45(38)50-43)31-9-7-10-35(27-31)49(42-15-8-14-40-37-12-2-5-17-44(37)51-48(40)42)34-23-19-30(20-24-34)32-22-26-47-41(28-32)39-13-3-6-18-46(39)52-47/h1-29H. The number of anilines is 3. The van der Waals surface area contributed by atoms with Crippen molar-refractivity contribution < 1.29 is 8.83 Å². The zero-order valence-corrected chi connectivity index (χ0v) is 28.7. The summed E-state index contributed by atoms with van der Waals surface area (Å²) in [6.45, 7) is 0. The molecule has 0 saturated heterocycles. The summed E-state index contributed by atoms with van der Waals surface area (Å²) in [6, 6.07) is 62.6. The van der Waals surface area contributed by atoms with Crippen LogP contribution in [-0.4, -0.2) is 0 Å². The minimum Gasteiger partial charge on any atom is -0.456 e. The van der Waals surface area contributed by atoms with Gasteiger partial charge >= 0.3 is 0 Å². The van der Waals surface area contributed by atoms with Crippen LogP contribution in [0.5, 0.6) is 0 Å². The quantitative estimate of drug-likeness (QED) is 0.181. The number of thiophene rings is 1. The fraction of sp³-hybridized carbons (Fsp3) is 0. The number of rotatable bonds is 5. The Balaban J connectivity index is 1.06. The second-order valence-corrected chi connectivity index (χ2v) is 14.4. The Kier molecular flexibility index (Phi) is 6.42. The van der Waals surface area contributed by atoms with Gasteiger partial charge in [0.05, 0.1) is 5.69 Å². The van der Waals surface area contributed by atoms with Gasteiger partial charge in [-0.05, 0) is 95.1 Å². The predicted octanol–water partition coefficient (Wildman–Crippen LogP) is 14.7. The van der Waals surface area contributed by atoms with Gasteiger partial charge in [-0.15, -0.1) is 11.3 Å². The van der Waals surface area contributed by atoms with Crippen molar-refractivity contribution in [3.05, 3.63) is 176 Å². The highest BCUT2D eigenvalue weighted by Gasteiger charge is 2.20. The van der Waals surface area contributed by atoms with Crippen LogP contribution < -0.4 is 4.90 Å². The Morgan fingerprint density at radius 2 is 0.962 bits per heavy atom. The van der Waals surface area contributed by atoms with E-state index in [4.69, 9.17) is 8.83 Å². The zero-order chi connectivity index (χ0) is 34.2.